The van der Waals surface area contributed by atoms with Gasteiger partial charge in [0.05, 0.1) is 4.92 Å². The van der Waals surface area contributed by atoms with E-state index in [1.54, 1.807) is 12.1 Å². The lowest BCUT2D eigenvalue weighted by Crippen LogP contribution is -2.34. The minimum atomic E-state index is -0.376. The second-order valence-electron chi connectivity index (χ2n) is 8.29. The Labute approximate surface area is 176 Å². The lowest BCUT2D eigenvalue weighted by molar-refractivity contribution is -0.384. The number of nitrogens with zero attached hydrogens (tertiary/aromatic N) is 3. The molecule has 1 saturated heterocycles. The summed E-state index contributed by atoms with van der Waals surface area (Å²) in [4.78, 5) is 28.2. The summed E-state index contributed by atoms with van der Waals surface area (Å²) in [7, 11) is 0. The summed E-state index contributed by atoms with van der Waals surface area (Å²) in [6.07, 6.45) is 2.89. The van der Waals surface area contributed by atoms with Crippen LogP contribution in [0.1, 0.15) is 42.1 Å². The van der Waals surface area contributed by atoms with Crippen molar-refractivity contribution in [2.45, 2.75) is 44.8 Å². The van der Waals surface area contributed by atoms with Crippen LogP contribution in [-0.2, 0) is 6.54 Å². The average Bonchev–Trinajstić information content (AvgIpc) is 3.58. The third kappa shape index (κ3) is 4.79. The van der Waals surface area contributed by atoms with Gasteiger partial charge in [-0.1, -0.05) is 30.3 Å². The van der Waals surface area contributed by atoms with E-state index in [4.69, 9.17) is 0 Å². The number of nitrogens with one attached hydrogen (secondary N) is 1. The van der Waals surface area contributed by atoms with Crippen LogP contribution in [0.25, 0.3) is 0 Å². The Morgan fingerprint density at radius 3 is 2.57 bits per heavy atom. The Kier molecular flexibility index (Phi) is 5.99. The number of hydrogen-bond acceptors (Lipinski definition) is 5. The fourth-order valence-electron chi connectivity index (χ4n) is 3.98. The number of nitro groups is 1. The van der Waals surface area contributed by atoms with E-state index in [0.717, 1.165) is 38.9 Å². The summed E-state index contributed by atoms with van der Waals surface area (Å²) in [5.74, 6) is -0.231. The number of anilines is 1. The van der Waals surface area contributed by atoms with Gasteiger partial charge in [0.15, 0.2) is 0 Å². The normalized spacial score (nSPS) is 19.9. The predicted octanol–water partition coefficient (Wildman–Crippen LogP) is 3.59. The van der Waals surface area contributed by atoms with Crippen molar-refractivity contribution in [3.8, 4) is 0 Å². The van der Waals surface area contributed by atoms with E-state index >= 15 is 0 Å². The Morgan fingerprint density at radius 1 is 1.10 bits per heavy atom. The van der Waals surface area contributed by atoms with E-state index in [9.17, 15) is 14.9 Å². The van der Waals surface area contributed by atoms with Crippen LogP contribution in [0.2, 0.25) is 0 Å². The van der Waals surface area contributed by atoms with Crippen LogP contribution in [0.15, 0.2) is 48.5 Å². The molecule has 2 aliphatic rings. The molecule has 0 bridgehead atoms. The van der Waals surface area contributed by atoms with Crippen molar-refractivity contribution in [1.29, 1.82) is 0 Å². The highest BCUT2D eigenvalue weighted by Gasteiger charge is 2.28. The maximum Gasteiger partial charge on any atom is 0.293 e. The second kappa shape index (κ2) is 8.83. The first-order valence-corrected chi connectivity index (χ1v) is 10.6. The molecule has 7 heteroatoms. The molecule has 7 nitrogen and oxygen atoms in total. The summed E-state index contributed by atoms with van der Waals surface area (Å²) < 4.78 is 0. The molecule has 1 aliphatic carbocycles. The predicted molar refractivity (Wildman–Crippen MR) is 117 cm³/mol. The number of benzene rings is 2. The SMILES string of the molecule is CC1CCN(c2ccc(C(=O)NC3CC3)cc2[N+](=O)[O-])CCN1Cc1ccccc1. The van der Waals surface area contributed by atoms with Crippen LogP contribution in [0.5, 0.6) is 0 Å². The fourth-order valence-corrected chi connectivity index (χ4v) is 3.98. The second-order valence-corrected chi connectivity index (χ2v) is 8.29. The molecule has 0 spiro atoms. The molecule has 1 unspecified atom stereocenters. The molecule has 30 heavy (non-hydrogen) atoms. The van der Waals surface area contributed by atoms with Gasteiger partial charge < -0.3 is 10.2 Å². The van der Waals surface area contributed by atoms with Gasteiger partial charge in [0.25, 0.3) is 11.6 Å². The molecule has 0 aromatic heterocycles. The Bertz CT molecular complexity index is 914. The molecule has 4 rings (SSSR count). The van der Waals surface area contributed by atoms with Gasteiger partial charge in [0, 0.05) is 49.9 Å². The van der Waals surface area contributed by atoms with Crippen LogP contribution in [0.3, 0.4) is 0 Å². The smallest absolute Gasteiger partial charge is 0.293 e. The van der Waals surface area contributed by atoms with Gasteiger partial charge in [-0.05, 0) is 43.9 Å². The number of nitro benzene ring substituents is 1. The lowest BCUT2D eigenvalue weighted by atomic mass is 10.1. The van der Waals surface area contributed by atoms with Crippen molar-refractivity contribution < 1.29 is 9.72 Å². The largest absolute Gasteiger partial charge is 0.365 e. The van der Waals surface area contributed by atoms with E-state index < -0.39 is 0 Å². The Hall–Kier alpha value is -2.93. The summed E-state index contributed by atoms with van der Waals surface area (Å²) in [6.45, 7) is 5.38. The van der Waals surface area contributed by atoms with Crippen LogP contribution in [0, 0.1) is 10.1 Å². The number of hydrogen-bond donors (Lipinski definition) is 1. The summed E-state index contributed by atoms with van der Waals surface area (Å²) in [5, 5.41) is 14.7. The first kappa shape index (κ1) is 20.3. The third-order valence-electron chi connectivity index (χ3n) is 6.01. The standard InChI is InChI=1S/C23H28N4O3/c1-17-11-12-25(13-14-26(17)16-18-5-3-2-4-6-18)21-10-7-19(15-22(21)27(29)30)23(28)24-20-8-9-20/h2-7,10,15,17,20H,8-9,11-14,16H2,1H3,(H,24,28). The minimum absolute atomic E-state index is 0.00242. The van der Waals surface area contributed by atoms with Crippen molar-refractivity contribution in [3.63, 3.8) is 0 Å². The van der Waals surface area contributed by atoms with Gasteiger partial charge in [-0.2, -0.15) is 0 Å². The molecule has 1 aliphatic heterocycles. The van der Waals surface area contributed by atoms with Crippen molar-refractivity contribution in [2.75, 3.05) is 24.5 Å². The zero-order valence-corrected chi connectivity index (χ0v) is 17.3. The summed E-state index contributed by atoms with van der Waals surface area (Å²) >= 11 is 0. The number of carbonyl (C=O) groups excluding carboxylic acids is 1. The maximum atomic E-state index is 12.3. The van der Waals surface area contributed by atoms with Gasteiger partial charge in [0.2, 0.25) is 0 Å². The van der Waals surface area contributed by atoms with Crippen molar-refractivity contribution in [1.82, 2.24) is 10.2 Å². The molecule has 2 aromatic carbocycles. The topological polar surface area (TPSA) is 78.7 Å². The molecule has 1 saturated carbocycles. The van der Waals surface area contributed by atoms with Gasteiger partial charge in [-0.15, -0.1) is 0 Å². The van der Waals surface area contributed by atoms with Crippen LogP contribution in [-0.4, -0.2) is 47.4 Å². The van der Waals surface area contributed by atoms with Crippen LogP contribution >= 0.6 is 0 Å². The fraction of sp³-hybridized carbons (Fsp3) is 0.435. The molecular weight excluding hydrogens is 380 g/mol. The van der Waals surface area contributed by atoms with Crippen molar-refractivity contribution in [2.24, 2.45) is 0 Å². The van der Waals surface area contributed by atoms with E-state index in [2.05, 4.69) is 46.3 Å². The third-order valence-corrected chi connectivity index (χ3v) is 6.01. The lowest BCUT2D eigenvalue weighted by Gasteiger charge is -2.26. The first-order valence-electron chi connectivity index (χ1n) is 10.6. The number of carbonyl (C=O) groups is 1. The molecule has 2 fully saturated rings. The first-order chi connectivity index (χ1) is 14.5. The number of amides is 1. The molecule has 0 radical (unpaired) electrons. The summed E-state index contributed by atoms with van der Waals surface area (Å²) in [5.41, 5.74) is 2.22. The average molecular weight is 409 g/mol. The molecular formula is C23H28N4O3. The summed E-state index contributed by atoms with van der Waals surface area (Å²) in [6, 6.07) is 15.8. The highest BCUT2D eigenvalue weighted by molar-refractivity contribution is 5.96. The van der Waals surface area contributed by atoms with E-state index in [1.807, 2.05) is 6.07 Å². The van der Waals surface area contributed by atoms with E-state index in [-0.39, 0.29) is 22.6 Å². The molecule has 1 atom stereocenters. The van der Waals surface area contributed by atoms with E-state index in [0.29, 0.717) is 23.8 Å². The Balaban J connectivity index is 1.50. The zero-order valence-electron chi connectivity index (χ0n) is 17.3. The van der Waals surface area contributed by atoms with Crippen LogP contribution < -0.4 is 10.2 Å². The van der Waals surface area contributed by atoms with E-state index in [1.165, 1.54) is 11.6 Å². The maximum absolute atomic E-state index is 12.3. The highest BCUT2D eigenvalue weighted by Crippen LogP contribution is 2.31. The van der Waals surface area contributed by atoms with Crippen molar-refractivity contribution in [3.05, 3.63) is 69.8 Å². The van der Waals surface area contributed by atoms with Crippen molar-refractivity contribution >= 4 is 17.3 Å². The van der Waals surface area contributed by atoms with Gasteiger partial charge >= 0.3 is 0 Å². The molecule has 1 heterocycles. The molecule has 158 valence electrons. The number of rotatable bonds is 6. The van der Waals surface area contributed by atoms with Gasteiger partial charge in [-0.3, -0.25) is 19.8 Å². The van der Waals surface area contributed by atoms with Gasteiger partial charge in [0.1, 0.15) is 5.69 Å². The molecule has 1 N–H and O–H groups in total. The molecule has 1 amide bonds. The van der Waals surface area contributed by atoms with Crippen LogP contribution in [0.4, 0.5) is 11.4 Å². The molecule has 2 aromatic rings. The Morgan fingerprint density at radius 2 is 1.87 bits per heavy atom. The zero-order chi connectivity index (χ0) is 21.1. The monoisotopic (exact) mass is 408 g/mol. The quantitative estimate of drug-likeness (QED) is 0.584. The van der Waals surface area contributed by atoms with Gasteiger partial charge in [-0.25, -0.2) is 0 Å². The minimum Gasteiger partial charge on any atom is -0.365 e. The highest BCUT2D eigenvalue weighted by atomic mass is 16.6.